The van der Waals surface area contributed by atoms with E-state index < -0.39 is 22.4 Å². The van der Waals surface area contributed by atoms with E-state index in [4.69, 9.17) is 5.11 Å². The van der Waals surface area contributed by atoms with Crippen LogP contribution in [-0.4, -0.2) is 23.1 Å². The molecule has 114 valence electrons. The van der Waals surface area contributed by atoms with Crippen molar-refractivity contribution in [1.82, 2.24) is 14.3 Å². The van der Waals surface area contributed by atoms with E-state index in [1.54, 1.807) is 24.0 Å². The van der Waals surface area contributed by atoms with Gasteiger partial charge in [0.15, 0.2) is 0 Å². The Bertz CT molecular complexity index is 756. The molecular weight excluding hydrogens is 297 g/mol. The maximum atomic E-state index is 13.7. The van der Waals surface area contributed by atoms with Gasteiger partial charge >= 0.3 is 0 Å². The maximum absolute atomic E-state index is 13.7. The molecule has 0 amide bonds. The van der Waals surface area contributed by atoms with Crippen molar-refractivity contribution in [2.24, 2.45) is 7.05 Å². The third-order valence-corrected chi connectivity index (χ3v) is 4.70. The quantitative estimate of drug-likeness (QED) is 0.856. The summed E-state index contributed by atoms with van der Waals surface area (Å²) in [4.78, 5) is 3.83. The second-order valence-electron chi connectivity index (χ2n) is 4.64. The van der Waals surface area contributed by atoms with Crippen LogP contribution < -0.4 is 4.72 Å². The lowest BCUT2D eigenvalue weighted by Gasteiger charge is -2.11. The van der Waals surface area contributed by atoms with Crippen molar-refractivity contribution in [1.29, 1.82) is 0 Å². The van der Waals surface area contributed by atoms with Crippen LogP contribution in [0.2, 0.25) is 0 Å². The highest BCUT2D eigenvalue weighted by Crippen LogP contribution is 2.20. The second-order valence-corrected chi connectivity index (χ2v) is 6.37. The number of aryl methyl sites for hydroxylation is 1. The van der Waals surface area contributed by atoms with Gasteiger partial charge in [-0.3, -0.25) is 0 Å². The number of nitrogens with zero attached hydrogens (tertiary/aromatic N) is 2. The monoisotopic (exact) mass is 313 g/mol. The summed E-state index contributed by atoms with van der Waals surface area (Å²) in [7, 11) is -2.15. The van der Waals surface area contributed by atoms with E-state index in [9.17, 15) is 12.8 Å². The van der Waals surface area contributed by atoms with E-state index in [1.807, 2.05) is 0 Å². The molecule has 0 aliphatic carbocycles. The van der Waals surface area contributed by atoms with Crippen LogP contribution in [0.15, 0.2) is 29.4 Å². The van der Waals surface area contributed by atoms with Gasteiger partial charge in [-0.1, -0.05) is 0 Å². The number of rotatable bonds is 5. The first-order valence-corrected chi connectivity index (χ1v) is 7.69. The molecule has 21 heavy (non-hydrogen) atoms. The van der Waals surface area contributed by atoms with E-state index in [-0.39, 0.29) is 22.6 Å². The summed E-state index contributed by atoms with van der Waals surface area (Å²) >= 11 is 0. The summed E-state index contributed by atoms with van der Waals surface area (Å²) in [5.41, 5.74) is 0.218. The Hall–Kier alpha value is -1.77. The van der Waals surface area contributed by atoms with Gasteiger partial charge in [0.05, 0.1) is 18.0 Å². The fraction of sp³-hybridized carbons (Fsp3) is 0.308. The first kappa shape index (κ1) is 15.6. The third kappa shape index (κ3) is 3.29. The van der Waals surface area contributed by atoms with Gasteiger partial charge in [-0.05, 0) is 24.6 Å². The van der Waals surface area contributed by atoms with Crippen molar-refractivity contribution in [3.63, 3.8) is 0 Å². The van der Waals surface area contributed by atoms with E-state index >= 15 is 0 Å². The minimum Gasteiger partial charge on any atom is -0.392 e. The normalized spacial score (nSPS) is 11.8. The average Bonchev–Trinajstić information content (AvgIpc) is 2.84. The van der Waals surface area contributed by atoms with Gasteiger partial charge in [-0.15, -0.1) is 0 Å². The number of aliphatic hydroxyl groups is 1. The molecule has 6 nitrogen and oxygen atoms in total. The van der Waals surface area contributed by atoms with Crippen LogP contribution in [0.25, 0.3) is 0 Å². The lowest BCUT2D eigenvalue weighted by molar-refractivity contribution is 0.281. The topological polar surface area (TPSA) is 84.2 Å². The Morgan fingerprint density at radius 2 is 2.14 bits per heavy atom. The lowest BCUT2D eigenvalue weighted by Crippen LogP contribution is -2.26. The summed E-state index contributed by atoms with van der Waals surface area (Å²) in [5.74, 6) is -0.131. The molecule has 2 rings (SSSR count). The fourth-order valence-electron chi connectivity index (χ4n) is 1.88. The highest BCUT2D eigenvalue weighted by molar-refractivity contribution is 7.89. The molecule has 1 aromatic carbocycles. The first-order valence-electron chi connectivity index (χ1n) is 6.21. The molecule has 0 fully saturated rings. The first-order chi connectivity index (χ1) is 9.85. The molecule has 0 unspecified atom stereocenters. The minimum atomic E-state index is -3.89. The zero-order valence-corrected chi connectivity index (χ0v) is 12.5. The van der Waals surface area contributed by atoms with Gasteiger partial charge in [0.2, 0.25) is 10.0 Å². The van der Waals surface area contributed by atoms with Gasteiger partial charge in [0, 0.05) is 25.0 Å². The molecule has 2 N–H and O–H groups in total. The molecule has 1 aromatic heterocycles. The Balaban J connectivity index is 2.31. The minimum absolute atomic E-state index is 0.00373. The van der Waals surface area contributed by atoms with Crippen LogP contribution in [-0.2, 0) is 30.2 Å². The predicted octanol–water partition coefficient (Wildman–Crippen LogP) is 0.838. The summed E-state index contributed by atoms with van der Waals surface area (Å²) < 4.78 is 42.3. The Morgan fingerprint density at radius 3 is 2.71 bits per heavy atom. The SMILES string of the molecule is Cc1c(F)cc(CO)cc1S(=O)(=O)NCc1nccn1C. The van der Waals surface area contributed by atoms with Crippen LogP contribution in [0.4, 0.5) is 4.39 Å². The van der Waals surface area contributed by atoms with Gasteiger partial charge < -0.3 is 9.67 Å². The smallest absolute Gasteiger partial charge is 0.241 e. The zero-order valence-electron chi connectivity index (χ0n) is 11.7. The molecule has 0 aliphatic heterocycles. The van der Waals surface area contributed by atoms with Gasteiger partial charge in [0.25, 0.3) is 0 Å². The Kier molecular flexibility index (Phi) is 4.40. The lowest BCUT2D eigenvalue weighted by atomic mass is 10.1. The summed E-state index contributed by atoms with van der Waals surface area (Å²) in [6, 6.07) is 2.38. The van der Waals surface area contributed by atoms with Crippen LogP contribution in [0.3, 0.4) is 0 Å². The van der Waals surface area contributed by atoms with E-state index in [1.165, 1.54) is 13.0 Å². The number of benzene rings is 1. The molecule has 0 aliphatic rings. The standard InChI is InChI=1S/C13H16FN3O3S/c1-9-11(14)5-10(8-18)6-12(9)21(19,20)16-7-13-15-3-4-17(13)2/h3-6,16,18H,7-8H2,1-2H3. The largest absolute Gasteiger partial charge is 0.392 e. The van der Waals surface area contributed by atoms with Gasteiger partial charge in [-0.25, -0.2) is 22.5 Å². The van der Waals surface area contributed by atoms with Crippen molar-refractivity contribution >= 4 is 10.0 Å². The fourth-order valence-corrected chi connectivity index (χ4v) is 3.16. The van der Waals surface area contributed by atoms with Crippen LogP contribution in [0.1, 0.15) is 17.0 Å². The molecule has 0 atom stereocenters. The summed E-state index contributed by atoms with van der Waals surface area (Å²) in [6.45, 7) is 0.946. The van der Waals surface area contributed by atoms with Crippen molar-refractivity contribution in [2.75, 3.05) is 0 Å². The van der Waals surface area contributed by atoms with Gasteiger partial charge in [-0.2, -0.15) is 0 Å². The maximum Gasteiger partial charge on any atom is 0.241 e. The number of aromatic nitrogens is 2. The molecule has 0 saturated carbocycles. The van der Waals surface area contributed by atoms with Crippen LogP contribution in [0.5, 0.6) is 0 Å². The number of nitrogens with one attached hydrogen (secondary N) is 1. The molecule has 2 aromatic rings. The number of hydrogen-bond donors (Lipinski definition) is 2. The highest BCUT2D eigenvalue weighted by Gasteiger charge is 2.20. The van der Waals surface area contributed by atoms with Crippen molar-refractivity contribution in [3.05, 3.63) is 47.3 Å². The number of sulfonamides is 1. The molecular formula is C13H16FN3O3S. The van der Waals surface area contributed by atoms with Crippen LogP contribution in [0, 0.1) is 12.7 Å². The van der Waals surface area contributed by atoms with Crippen molar-refractivity contribution in [3.8, 4) is 0 Å². The molecule has 0 radical (unpaired) electrons. The van der Waals surface area contributed by atoms with E-state index in [0.29, 0.717) is 5.82 Å². The predicted molar refractivity (Wildman–Crippen MR) is 74.3 cm³/mol. The molecule has 0 saturated heterocycles. The molecule has 8 heteroatoms. The summed E-state index contributed by atoms with van der Waals surface area (Å²) in [5, 5.41) is 9.06. The average molecular weight is 313 g/mol. The number of imidazole rings is 1. The zero-order chi connectivity index (χ0) is 15.6. The Morgan fingerprint density at radius 1 is 1.43 bits per heavy atom. The van der Waals surface area contributed by atoms with Crippen LogP contribution >= 0.6 is 0 Å². The van der Waals surface area contributed by atoms with E-state index in [0.717, 1.165) is 6.07 Å². The van der Waals surface area contributed by atoms with Crippen molar-refractivity contribution < 1.29 is 17.9 Å². The summed E-state index contributed by atoms with van der Waals surface area (Å²) in [6.07, 6.45) is 3.25. The Labute approximate surface area is 122 Å². The number of aliphatic hydroxyl groups excluding tert-OH is 1. The van der Waals surface area contributed by atoms with E-state index in [2.05, 4.69) is 9.71 Å². The second kappa shape index (κ2) is 5.92. The number of hydrogen-bond acceptors (Lipinski definition) is 4. The molecule has 0 bridgehead atoms. The molecule has 0 spiro atoms. The highest BCUT2D eigenvalue weighted by atomic mass is 32.2. The van der Waals surface area contributed by atoms with Crippen molar-refractivity contribution in [2.45, 2.75) is 25.0 Å². The third-order valence-electron chi connectivity index (χ3n) is 3.17. The van der Waals surface area contributed by atoms with Gasteiger partial charge in [0.1, 0.15) is 11.6 Å². The number of halogens is 1. The molecule has 1 heterocycles.